The maximum atomic E-state index is 11.2. The van der Waals surface area contributed by atoms with Crippen molar-refractivity contribution < 1.29 is 14.6 Å². The lowest BCUT2D eigenvalue weighted by molar-refractivity contribution is -0.0444. The number of carbonyl (C=O) groups is 1. The van der Waals surface area contributed by atoms with Gasteiger partial charge in [0.1, 0.15) is 5.75 Å². The predicted octanol–water partition coefficient (Wildman–Crippen LogP) is 4.08. The molecule has 2 saturated carbocycles. The van der Waals surface area contributed by atoms with Gasteiger partial charge in [-0.25, -0.2) is 0 Å². The van der Waals surface area contributed by atoms with Crippen molar-refractivity contribution in [3.63, 3.8) is 0 Å². The summed E-state index contributed by atoms with van der Waals surface area (Å²) in [6.07, 6.45) is 8.24. The van der Waals surface area contributed by atoms with Gasteiger partial charge in [0.05, 0.1) is 11.7 Å². The van der Waals surface area contributed by atoms with E-state index >= 15 is 0 Å². The Balaban J connectivity index is 1.71. The average Bonchev–Trinajstić information content (AvgIpc) is 2.90. The van der Waals surface area contributed by atoms with E-state index in [0.29, 0.717) is 28.9 Å². The Morgan fingerprint density at radius 1 is 1.26 bits per heavy atom. The highest BCUT2D eigenvalue weighted by Gasteiger charge is 2.55. The first-order chi connectivity index (χ1) is 11.1. The monoisotopic (exact) mass is 314 g/mol. The molecule has 5 atom stereocenters. The summed E-state index contributed by atoms with van der Waals surface area (Å²) in [5.41, 5.74) is 3.33. The van der Waals surface area contributed by atoms with Crippen molar-refractivity contribution in [2.24, 2.45) is 17.3 Å². The van der Waals surface area contributed by atoms with Crippen molar-refractivity contribution in [3.05, 3.63) is 28.8 Å². The average molecular weight is 314 g/mol. The number of methoxy groups -OCH3 is 1. The van der Waals surface area contributed by atoms with E-state index in [9.17, 15) is 9.90 Å². The lowest BCUT2D eigenvalue weighted by Crippen LogP contribution is -2.44. The molecular formula is C20H26O3. The topological polar surface area (TPSA) is 46.5 Å². The molecule has 0 radical (unpaired) electrons. The normalized spacial score (nSPS) is 38.5. The molecule has 5 unspecified atom stereocenters. The summed E-state index contributed by atoms with van der Waals surface area (Å²) in [5.74, 6) is 2.11. The number of aryl methyl sites for hydroxylation is 1. The zero-order chi connectivity index (χ0) is 16.2. The minimum absolute atomic E-state index is 0.137. The van der Waals surface area contributed by atoms with Crippen molar-refractivity contribution in [1.29, 1.82) is 0 Å². The zero-order valence-corrected chi connectivity index (χ0v) is 14.0. The van der Waals surface area contributed by atoms with Crippen LogP contribution in [0, 0.1) is 17.3 Å². The summed E-state index contributed by atoms with van der Waals surface area (Å²) in [6, 6.07) is 3.79. The van der Waals surface area contributed by atoms with E-state index in [2.05, 4.69) is 6.92 Å². The molecule has 23 heavy (non-hydrogen) atoms. The van der Waals surface area contributed by atoms with Crippen molar-refractivity contribution in [2.45, 2.75) is 57.5 Å². The number of hydrogen-bond donors (Lipinski definition) is 1. The lowest BCUT2D eigenvalue weighted by atomic mass is 9.55. The fraction of sp³-hybridized carbons (Fsp3) is 0.650. The number of fused-ring (bicyclic) bond motifs is 5. The number of phenolic OH excluding ortho intramolecular Hbond substituents is 1. The molecule has 124 valence electrons. The van der Waals surface area contributed by atoms with E-state index in [4.69, 9.17) is 4.74 Å². The predicted molar refractivity (Wildman–Crippen MR) is 88.9 cm³/mol. The number of benzene rings is 1. The molecule has 1 aromatic carbocycles. The highest BCUT2D eigenvalue weighted by atomic mass is 16.5. The highest BCUT2D eigenvalue weighted by Crippen LogP contribution is 2.61. The maximum Gasteiger partial charge on any atom is 0.153 e. The molecular weight excluding hydrogens is 288 g/mol. The molecule has 1 aromatic rings. The Morgan fingerprint density at radius 2 is 2.09 bits per heavy atom. The van der Waals surface area contributed by atoms with Crippen LogP contribution in [0.25, 0.3) is 0 Å². The van der Waals surface area contributed by atoms with Crippen LogP contribution >= 0.6 is 0 Å². The minimum Gasteiger partial charge on any atom is -0.507 e. The molecule has 2 fully saturated rings. The number of ether oxygens (including phenoxy) is 1. The van der Waals surface area contributed by atoms with Crippen molar-refractivity contribution in [2.75, 3.05) is 7.11 Å². The fourth-order valence-corrected chi connectivity index (χ4v) is 6.06. The Labute approximate surface area is 138 Å². The summed E-state index contributed by atoms with van der Waals surface area (Å²) >= 11 is 0. The molecule has 0 bridgehead atoms. The first-order valence-electron chi connectivity index (χ1n) is 8.92. The standard InChI is InChI=1S/C20H26O3/c1-20-8-7-14-15(17(20)5-6-19(20)23-2)4-3-12-10-18(22)13(11-21)9-16(12)14/h9-11,14-15,17,19,22H,3-8H2,1-2H3. The van der Waals surface area contributed by atoms with Crippen LogP contribution in [0.3, 0.4) is 0 Å². The molecule has 1 N–H and O–H groups in total. The van der Waals surface area contributed by atoms with E-state index in [0.717, 1.165) is 18.6 Å². The molecule has 3 aliphatic carbocycles. The number of phenols is 1. The van der Waals surface area contributed by atoms with Crippen LogP contribution in [-0.2, 0) is 11.2 Å². The lowest BCUT2D eigenvalue weighted by Gasteiger charge is -2.50. The smallest absolute Gasteiger partial charge is 0.153 e. The van der Waals surface area contributed by atoms with Gasteiger partial charge in [0.2, 0.25) is 0 Å². The number of rotatable bonds is 2. The zero-order valence-electron chi connectivity index (χ0n) is 14.0. The van der Waals surface area contributed by atoms with E-state index < -0.39 is 0 Å². The van der Waals surface area contributed by atoms with Gasteiger partial charge in [-0.1, -0.05) is 6.92 Å². The SMILES string of the molecule is COC1CCC2C3CCc4cc(O)c(C=O)cc4C3CCC12C. The van der Waals surface area contributed by atoms with Gasteiger partial charge in [0.25, 0.3) is 0 Å². The van der Waals surface area contributed by atoms with Crippen LogP contribution in [0.5, 0.6) is 5.75 Å². The van der Waals surface area contributed by atoms with Crippen molar-refractivity contribution >= 4 is 6.29 Å². The second-order valence-corrected chi connectivity index (χ2v) is 7.99. The minimum atomic E-state index is 0.137. The first-order valence-corrected chi connectivity index (χ1v) is 8.92. The van der Waals surface area contributed by atoms with Crippen LogP contribution in [0.1, 0.15) is 66.4 Å². The van der Waals surface area contributed by atoms with Gasteiger partial charge < -0.3 is 9.84 Å². The second-order valence-electron chi connectivity index (χ2n) is 7.99. The van der Waals surface area contributed by atoms with Gasteiger partial charge in [-0.3, -0.25) is 4.79 Å². The van der Waals surface area contributed by atoms with E-state index in [1.54, 1.807) is 0 Å². The van der Waals surface area contributed by atoms with Crippen LogP contribution < -0.4 is 0 Å². The summed E-state index contributed by atoms with van der Waals surface area (Å²) < 4.78 is 5.81. The molecule has 0 amide bonds. The Morgan fingerprint density at radius 3 is 2.83 bits per heavy atom. The Hall–Kier alpha value is -1.35. The van der Waals surface area contributed by atoms with Crippen LogP contribution in [0.4, 0.5) is 0 Å². The molecule has 0 aliphatic heterocycles. The molecule has 0 spiro atoms. The third kappa shape index (κ3) is 2.09. The van der Waals surface area contributed by atoms with Crippen LogP contribution in [0.15, 0.2) is 12.1 Å². The van der Waals surface area contributed by atoms with Crippen molar-refractivity contribution in [3.8, 4) is 5.75 Å². The quantitative estimate of drug-likeness (QED) is 0.837. The number of aromatic hydroxyl groups is 1. The highest BCUT2D eigenvalue weighted by molar-refractivity contribution is 5.80. The van der Waals surface area contributed by atoms with E-state index in [-0.39, 0.29) is 5.75 Å². The number of aldehydes is 1. The second kappa shape index (κ2) is 5.34. The molecule has 0 saturated heterocycles. The third-order valence-corrected chi connectivity index (χ3v) is 7.20. The fourth-order valence-electron chi connectivity index (χ4n) is 6.06. The summed E-state index contributed by atoms with van der Waals surface area (Å²) in [6.45, 7) is 2.43. The van der Waals surface area contributed by atoms with Gasteiger partial charge >= 0.3 is 0 Å². The van der Waals surface area contributed by atoms with Gasteiger partial charge in [0.15, 0.2) is 6.29 Å². The first kappa shape index (κ1) is 15.2. The van der Waals surface area contributed by atoms with Gasteiger partial charge in [-0.05, 0) is 85.0 Å². The molecule has 3 nitrogen and oxygen atoms in total. The largest absolute Gasteiger partial charge is 0.507 e. The molecule has 0 heterocycles. The molecule has 3 heteroatoms. The van der Waals surface area contributed by atoms with Crippen molar-refractivity contribution in [1.82, 2.24) is 0 Å². The number of carbonyl (C=O) groups excluding carboxylic acids is 1. The summed E-state index contributed by atoms with van der Waals surface area (Å²) in [7, 11) is 1.86. The molecule has 4 rings (SSSR count). The van der Waals surface area contributed by atoms with E-state index in [1.165, 1.54) is 43.2 Å². The van der Waals surface area contributed by atoms with Crippen LogP contribution in [-0.4, -0.2) is 24.6 Å². The van der Waals surface area contributed by atoms with Gasteiger partial charge in [-0.2, -0.15) is 0 Å². The van der Waals surface area contributed by atoms with Gasteiger partial charge in [0, 0.05) is 7.11 Å². The van der Waals surface area contributed by atoms with Crippen LogP contribution in [0.2, 0.25) is 0 Å². The molecule has 3 aliphatic rings. The number of hydrogen-bond acceptors (Lipinski definition) is 3. The van der Waals surface area contributed by atoms with E-state index in [1.807, 2.05) is 19.2 Å². The molecule has 0 aromatic heterocycles. The van der Waals surface area contributed by atoms with Gasteiger partial charge in [-0.15, -0.1) is 0 Å². The Bertz CT molecular complexity index is 638. The third-order valence-electron chi connectivity index (χ3n) is 7.20. The maximum absolute atomic E-state index is 11.2. The summed E-state index contributed by atoms with van der Waals surface area (Å²) in [4.78, 5) is 11.2. The summed E-state index contributed by atoms with van der Waals surface area (Å²) in [5, 5.41) is 9.97. The Kier molecular flexibility index (Phi) is 3.53.